The Balaban J connectivity index is 0.000000321. The number of fused-ring (bicyclic) bond motifs is 5. The highest BCUT2D eigenvalue weighted by Gasteiger charge is 2.35. The molecule has 1 aliphatic carbocycles. The third-order valence-corrected chi connectivity index (χ3v) is 10.6. The van der Waals surface area contributed by atoms with E-state index in [1.165, 1.54) is 77.8 Å². The third-order valence-electron chi connectivity index (χ3n) is 10.6. The minimum absolute atomic E-state index is 0.372. The lowest BCUT2D eigenvalue weighted by atomic mass is 9.91. The Morgan fingerprint density at radius 2 is 1.09 bits per heavy atom. The van der Waals surface area contributed by atoms with Gasteiger partial charge in [-0.2, -0.15) is 0 Å². The first-order valence-electron chi connectivity index (χ1n) is 18.4. The van der Waals surface area contributed by atoms with Crippen molar-refractivity contribution in [2.45, 2.75) is 12.3 Å². The number of hydrogen-bond acceptors (Lipinski definition) is 2. The van der Waals surface area contributed by atoms with Crippen molar-refractivity contribution in [3.63, 3.8) is 0 Å². The van der Waals surface area contributed by atoms with Gasteiger partial charge in [-0.15, -0.1) is 0 Å². The van der Waals surface area contributed by atoms with Crippen molar-refractivity contribution in [3.8, 4) is 22.3 Å². The molecule has 0 saturated heterocycles. The predicted octanol–water partition coefficient (Wildman–Crippen LogP) is 13.9. The van der Waals surface area contributed by atoms with Gasteiger partial charge < -0.3 is 9.80 Å². The second-order valence-corrected chi connectivity index (χ2v) is 13.8. The topological polar surface area (TPSA) is 6.48 Å². The molecule has 1 atom stereocenters. The lowest BCUT2D eigenvalue weighted by Gasteiger charge is -2.26. The Labute approximate surface area is 312 Å². The van der Waals surface area contributed by atoms with Crippen LogP contribution >= 0.6 is 0 Å². The molecule has 10 rings (SSSR count). The molecule has 0 spiro atoms. The fourth-order valence-electron chi connectivity index (χ4n) is 7.97. The molecule has 8 aromatic carbocycles. The summed E-state index contributed by atoms with van der Waals surface area (Å²) in [6.45, 7) is 0. The van der Waals surface area contributed by atoms with E-state index < -0.39 is 0 Å². The van der Waals surface area contributed by atoms with Crippen LogP contribution in [0.3, 0.4) is 0 Å². The summed E-state index contributed by atoms with van der Waals surface area (Å²) >= 11 is 0. The SMILES string of the molecule is CN(c1ccccc1-c1ccc2c(c1)N(c1ccc(-c3ccccc3)cc1)C1=CC=CCC12)c1cccc2ccccc12.c1ccc2ccccc2c1. The third kappa shape index (κ3) is 6.19. The fourth-order valence-corrected chi connectivity index (χ4v) is 7.97. The molecule has 8 aromatic rings. The predicted molar refractivity (Wildman–Crippen MR) is 226 cm³/mol. The van der Waals surface area contributed by atoms with Crippen molar-refractivity contribution in [3.05, 3.63) is 218 Å². The van der Waals surface area contributed by atoms with Crippen molar-refractivity contribution in [2.24, 2.45) is 0 Å². The van der Waals surface area contributed by atoms with Crippen LogP contribution in [0, 0.1) is 0 Å². The van der Waals surface area contributed by atoms with Gasteiger partial charge in [0.15, 0.2) is 0 Å². The van der Waals surface area contributed by atoms with Crippen LogP contribution in [0.1, 0.15) is 17.9 Å². The fraction of sp³-hybridized carbons (Fsp3) is 0.0588. The van der Waals surface area contributed by atoms with Gasteiger partial charge in [0.2, 0.25) is 0 Å². The number of benzene rings is 8. The molecule has 1 heterocycles. The minimum Gasteiger partial charge on any atom is -0.344 e. The summed E-state index contributed by atoms with van der Waals surface area (Å²) in [5, 5.41) is 5.13. The van der Waals surface area contributed by atoms with Crippen LogP contribution in [0.2, 0.25) is 0 Å². The second-order valence-electron chi connectivity index (χ2n) is 13.8. The van der Waals surface area contributed by atoms with E-state index in [1.54, 1.807) is 0 Å². The normalized spacial score (nSPS) is 14.2. The van der Waals surface area contributed by atoms with Crippen LogP contribution < -0.4 is 9.80 Å². The standard InChI is InChI=1S/C41H32N2.C10H8/c1-42(39-21-11-15-31-14-5-6-16-34(31)39)38-19-9-7-17-35(38)32-24-27-37-36-18-8-10-20-40(36)43(41(37)28-32)33-25-22-30(23-26-33)29-12-3-2-4-13-29;1-2-6-10-8-4-3-7-9(10)5-1/h2-17,19-28,36H,18H2,1H3;1-8H. The number of anilines is 4. The molecular weight excluding hydrogens is 641 g/mol. The first-order chi connectivity index (χ1) is 26.2. The first kappa shape index (κ1) is 32.3. The number of nitrogens with zero attached hydrogens (tertiary/aromatic N) is 2. The zero-order valence-corrected chi connectivity index (χ0v) is 29.8. The second kappa shape index (κ2) is 14.2. The van der Waals surface area contributed by atoms with E-state index in [0.29, 0.717) is 5.92 Å². The zero-order chi connectivity index (χ0) is 35.6. The molecule has 53 heavy (non-hydrogen) atoms. The minimum atomic E-state index is 0.372. The highest BCUT2D eigenvalue weighted by Crippen LogP contribution is 2.52. The van der Waals surface area contributed by atoms with Gasteiger partial charge in [-0.05, 0) is 81.2 Å². The van der Waals surface area contributed by atoms with Gasteiger partial charge in [0.25, 0.3) is 0 Å². The van der Waals surface area contributed by atoms with Gasteiger partial charge in [0, 0.05) is 46.7 Å². The quantitative estimate of drug-likeness (QED) is 0.179. The molecule has 1 aliphatic heterocycles. The van der Waals surface area contributed by atoms with Crippen molar-refractivity contribution in [1.82, 2.24) is 0 Å². The average molecular weight is 681 g/mol. The van der Waals surface area contributed by atoms with E-state index in [2.05, 4.69) is 223 Å². The molecular formula is C51H40N2. The smallest absolute Gasteiger partial charge is 0.0503 e. The van der Waals surface area contributed by atoms with E-state index in [0.717, 1.165) is 6.42 Å². The summed E-state index contributed by atoms with van der Waals surface area (Å²) in [5.74, 6) is 0.372. The van der Waals surface area contributed by atoms with Gasteiger partial charge in [-0.25, -0.2) is 0 Å². The molecule has 2 heteroatoms. The van der Waals surface area contributed by atoms with E-state index in [-0.39, 0.29) is 0 Å². The number of allylic oxidation sites excluding steroid dienone is 4. The first-order valence-corrected chi connectivity index (χ1v) is 18.4. The maximum Gasteiger partial charge on any atom is 0.0503 e. The van der Waals surface area contributed by atoms with Crippen LogP contribution in [0.15, 0.2) is 212 Å². The van der Waals surface area contributed by atoms with Gasteiger partial charge in [0.1, 0.15) is 0 Å². The molecule has 1 unspecified atom stereocenters. The Morgan fingerprint density at radius 1 is 0.509 bits per heavy atom. The van der Waals surface area contributed by atoms with E-state index >= 15 is 0 Å². The van der Waals surface area contributed by atoms with Gasteiger partial charge in [-0.3, -0.25) is 0 Å². The van der Waals surface area contributed by atoms with Crippen molar-refractivity contribution >= 4 is 44.3 Å². The number of hydrogen-bond donors (Lipinski definition) is 0. The summed E-state index contributed by atoms with van der Waals surface area (Å²) < 4.78 is 0. The summed E-state index contributed by atoms with van der Waals surface area (Å²) in [5.41, 5.74) is 12.5. The molecule has 0 fully saturated rings. The van der Waals surface area contributed by atoms with Gasteiger partial charge in [0.05, 0.1) is 5.69 Å². The van der Waals surface area contributed by atoms with Crippen LogP contribution in [0.5, 0.6) is 0 Å². The van der Waals surface area contributed by atoms with Crippen molar-refractivity contribution in [2.75, 3.05) is 16.8 Å². The molecule has 0 saturated carbocycles. The molecule has 0 radical (unpaired) electrons. The van der Waals surface area contributed by atoms with Crippen LogP contribution in [0.25, 0.3) is 43.8 Å². The van der Waals surface area contributed by atoms with Crippen molar-refractivity contribution < 1.29 is 0 Å². The largest absolute Gasteiger partial charge is 0.344 e. The van der Waals surface area contributed by atoms with E-state index in [4.69, 9.17) is 0 Å². The summed E-state index contributed by atoms with van der Waals surface area (Å²) in [7, 11) is 2.18. The molecule has 0 amide bonds. The molecule has 0 bridgehead atoms. The monoisotopic (exact) mass is 680 g/mol. The lowest BCUT2D eigenvalue weighted by Crippen LogP contribution is -2.14. The highest BCUT2D eigenvalue weighted by molar-refractivity contribution is 5.98. The van der Waals surface area contributed by atoms with Crippen LogP contribution in [-0.2, 0) is 0 Å². The van der Waals surface area contributed by atoms with E-state index in [1.807, 2.05) is 0 Å². The highest BCUT2D eigenvalue weighted by atomic mass is 15.2. The summed E-state index contributed by atoms with van der Waals surface area (Å²) in [6, 6.07) is 67.3. The maximum atomic E-state index is 2.47. The van der Waals surface area contributed by atoms with Gasteiger partial charge in [-0.1, -0.05) is 170 Å². The molecule has 0 N–H and O–H groups in total. The lowest BCUT2D eigenvalue weighted by molar-refractivity contribution is 0.819. The van der Waals surface area contributed by atoms with Crippen LogP contribution in [-0.4, -0.2) is 7.05 Å². The van der Waals surface area contributed by atoms with E-state index in [9.17, 15) is 0 Å². The Kier molecular flexibility index (Phi) is 8.63. The molecule has 0 aromatic heterocycles. The number of rotatable bonds is 5. The van der Waals surface area contributed by atoms with Gasteiger partial charge >= 0.3 is 0 Å². The summed E-state index contributed by atoms with van der Waals surface area (Å²) in [4.78, 5) is 4.80. The zero-order valence-electron chi connectivity index (χ0n) is 29.8. The van der Waals surface area contributed by atoms with Crippen molar-refractivity contribution in [1.29, 1.82) is 0 Å². The molecule has 2 nitrogen and oxygen atoms in total. The Morgan fingerprint density at radius 3 is 1.85 bits per heavy atom. The Hall–Kier alpha value is -6.64. The maximum absolute atomic E-state index is 2.47. The average Bonchev–Trinajstić information content (AvgIpc) is 3.57. The molecule has 254 valence electrons. The van der Waals surface area contributed by atoms with Crippen LogP contribution in [0.4, 0.5) is 22.7 Å². The molecule has 2 aliphatic rings. The summed E-state index contributed by atoms with van der Waals surface area (Å²) in [6.07, 6.45) is 7.82. The number of para-hydroxylation sites is 1. The Bertz CT molecular complexity index is 2550.